The molecule has 2 N–H and O–H groups in total. The van der Waals surface area contributed by atoms with Gasteiger partial charge in [0.1, 0.15) is 17.0 Å². The maximum absolute atomic E-state index is 12.0. The minimum Gasteiger partial charge on any atom is -0.491 e. The monoisotopic (exact) mass is 419 g/mol. The molecule has 0 saturated heterocycles. The van der Waals surface area contributed by atoms with Crippen molar-refractivity contribution in [1.29, 1.82) is 0 Å². The molecule has 7 nitrogen and oxygen atoms in total. The van der Waals surface area contributed by atoms with Gasteiger partial charge in [-0.2, -0.15) is 0 Å². The van der Waals surface area contributed by atoms with Gasteiger partial charge in [0, 0.05) is 35.8 Å². The largest absolute Gasteiger partial charge is 0.491 e. The highest BCUT2D eigenvalue weighted by atomic mass is 16.5. The number of hydrogen-bond acceptors (Lipinski definition) is 5. The number of para-hydroxylation sites is 1. The lowest BCUT2D eigenvalue weighted by Crippen LogP contribution is -2.30. The molecule has 0 spiro atoms. The molecule has 4 rings (SSSR count). The first-order chi connectivity index (χ1) is 15.2. The predicted octanol–water partition coefficient (Wildman–Crippen LogP) is 3.55. The van der Waals surface area contributed by atoms with E-state index < -0.39 is 0 Å². The molecule has 1 heterocycles. The van der Waals surface area contributed by atoms with E-state index in [1.54, 1.807) is 30.5 Å². The van der Waals surface area contributed by atoms with Gasteiger partial charge in [0.05, 0.1) is 6.61 Å². The van der Waals surface area contributed by atoms with Crippen LogP contribution in [-0.2, 0) is 9.59 Å². The van der Waals surface area contributed by atoms with Crippen LogP contribution < -0.4 is 20.1 Å². The van der Waals surface area contributed by atoms with E-state index in [-0.39, 0.29) is 24.3 Å². The zero-order valence-electron chi connectivity index (χ0n) is 17.2. The lowest BCUT2D eigenvalue weighted by molar-refractivity contribution is -0.123. The summed E-state index contributed by atoms with van der Waals surface area (Å²) in [7, 11) is 0. The van der Waals surface area contributed by atoms with Crippen LogP contribution in [0.15, 0.2) is 60.8 Å². The van der Waals surface area contributed by atoms with Crippen molar-refractivity contribution in [3.63, 3.8) is 0 Å². The quantitative estimate of drug-likeness (QED) is 0.491. The number of amides is 2. The van der Waals surface area contributed by atoms with Crippen LogP contribution >= 0.6 is 0 Å². The Morgan fingerprint density at radius 2 is 1.87 bits per heavy atom. The van der Waals surface area contributed by atoms with Crippen molar-refractivity contribution in [2.24, 2.45) is 5.92 Å². The first-order valence-electron chi connectivity index (χ1n) is 10.5. The average Bonchev–Trinajstić information content (AvgIpc) is 3.63. The minimum absolute atomic E-state index is 0.0383. The summed E-state index contributed by atoms with van der Waals surface area (Å²) in [6.45, 7) is 0.867. The molecule has 1 aromatic heterocycles. The molecule has 160 valence electrons. The van der Waals surface area contributed by atoms with Crippen molar-refractivity contribution in [2.45, 2.75) is 19.3 Å². The third kappa shape index (κ3) is 5.94. The fourth-order valence-electron chi connectivity index (χ4n) is 3.13. The molecule has 0 radical (unpaired) electrons. The zero-order valence-corrected chi connectivity index (χ0v) is 17.2. The topological polar surface area (TPSA) is 89.5 Å². The Kier molecular flexibility index (Phi) is 6.62. The van der Waals surface area contributed by atoms with Gasteiger partial charge in [-0.1, -0.05) is 24.3 Å². The molecule has 0 atom stereocenters. The number of aromatic nitrogens is 1. The van der Waals surface area contributed by atoms with Crippen molar-refractivity contribution in [1.82, 2.24) is 10.3 Å². The molecule has 0 unspecified atom stereocenters. The number of rotatable bonds is 10. The van der Waals surface area contributed by atoms with Crippen LogP contribution in [0.4, 0.5) is 5.69 Å². The molecule has 1 aliphatic rings. The van der Waals surface area contributed by atoms with Crippen LogP contribution in [0.5, 0.6) is 11.5 Å². The van der Waals surface area contributed by atoms with Gasteiger partial charge in [0.25, 0.3) is 5.91 Å². The van der Waals surface area contributed by atoms with Crippen LogP contribution in [0.25, 0.3) is 10.9 Å². The van der Waals surface area contributed by atoms with Gasteiger partial charge in [-0.15, -0.1) is 0 Å². The summed E-state index contributed by atoms with van der Waals surface area (Å²) in [5, 5.41) is 6.71. The zero-order chi connectivity index (χ0) is 21.5. The standard InChI is InChI=1S/C24H25N3O4/c28-22(16-31-20-8-2-7-19(15-20)27-24(29)18-10-11-18)25-13-4-14-30-21-9-1-5-17-6-3-12-26-23(17)21/h1-3,5-9,12,15,18H,4,10-11,13-14,16H2,(H,25,28)(H,27,29). The Bertz CT molecular complexity index is 1060. The van der Waals surface area contributed by atoms with Gasteiger partial charge in [-0.3, -0.25) is 14.6 Å². The van der Waals surface area contributed by atoms with E-state index in [2.05, 4.69) is 15.6 Å². The average molecular weight is 419 g/mol. The second-order valence-electron chi connectivity index (χ2n) is 7.46. The third-order valence-electron chi connectivity index (χ3n) is 4.92. The lowest BCUT2D eigenvalue weighted by Gasteiger charge is -2.10. The van der Waals surface area contributed by atoms with Gasteiger partial charge in [0.15, 0.2) is 6.61 Å². The fourth-order valence-corrected chi connectivity index (χ4v) is 3.13. The molecule has 2 aromatic carbocycles. The van der Waals surface area contributed by atoms with Crippen LogP contribution in [0.2, 0.25) is 0 Å². The van der Waals surface area contributed by atoms with E-state index in [0.717, 1.165) is 29.5 Å². The summed E-state index contributed by atoms with van der Waals surface area (Å²) in [4.78, 5) is 28.2. The number of fused-ring (bicyclic) bond motifs is 1. The Balaban J connectivity index is 1.15. The van der Waals surface area contributed by atoms with E-state index in [1.807, 2.05) is 30.3 Å². The molecule has 0 bridgehead atoms. The van der Waals surface area contributed by atoms with Gasteiger partial charge >= 0.3 is 0 Å². The van der Waals surface area contributed by atoms with Crippen LogP contribution in [-0.4, -0.2) is 36.6 Å². The Hall–Kier alpha value is -3.61. The highest BCUT2D eigenvalue weighted by Gasteiger charge is 2.29. The molecule has 0 aliphatic heterocycles. The van der Waals surface area contributed by atoms with Crippen molar-refractivity contribution in [3.8, 4) is 11.5 Å². The number of anilines is 1. The SMILES string of the molecule is O=C(COc1cccc(NC(=O)C2CC2)c1)NCCCOc1cccc2cccnc12. The van der Waals surface area contributed by atoms with E-state index in [9.17, 15) is 9.59 Å². The van der Waals surface area contributed by atoms with Gasteiger partial charge < -0.3 is 20.1 Å². The van der Waals surface area contributed by atoms with Crippen molar-refractivity contribution in [3.05, 3.63) is 60.8 Å². The number of ether oxygens (including phenoxy) is 2. The third-order valence-corrected chi connectivity index (χ3v) is 4.92. The molecule has 7 heteroatoms. The van der Waals surface area contributed by atoms with Crippen molar-refractivity contribution < 1.29 is 19.1 Å². The first-order valence-corrected chi connectivity index (χ1v) is 10.5. The number of nitrogens with zero attached hydrogens (tertiary/aromatic N) is 1. The summed E-state index contributed by atoms with van der Waals surface area (Å²) in [5.41, 5.74) is 1.51. The van der Waals surface area contributed by atoms with E-state index in [4.69, 9.17) is 9.47 Å². The molecule has 1 fully saturated rings. The van der Waals surface area contributed by atoms with Crippen LogP contribution in [0, 0.1) is 5.92 Å². The van der Waals surface area contributed by atoms with Gasteiger partial charge in [-0.05, 0) is 43.5 Å². The summed E-state index contributed by atoms with van der Waals surface area (Å²) >= 11 is 0. The normalized spacial score (nSPS) is 12.9. The highest BCUT2D eigenvalue weighted by Crippen LogP contribution is 2.30. The molecule has 31 heavy (non-hydrogen) atoms. The van der Waals surface area contributed by atoms with Crippen molar-refractivity contribution >= 4 is 28.4 Å². The molecule has 3 aromatic rings. The number of carbonyl (C=O) groups excluding carboxylic acids is 2. The Labute approximate surface area is 180 Å². The maximum Gasteiger partial charge on any atom is 0.257 e. The highest BCUT2D eigenvalue weighted by molar-refractivity contribution is 5.94. The summed E-state index contributed by atoms with van der Waals surface area (Å²) in [6.07, 6.45) is 4.31. The molecule has 1 saturated carbocycles. The van der Waals surface area contributed by atoms with E-state index in [1.165, 1.54) is 0 Å². The summed E-state index contributed by atoms with van der Waals surface area (Å²) in [5.74, 6) is 1.24. The maximum atomic E-state index is 12.0. The van der Waals surface area contributed by atoms with Crippen molar-refractivity contribution in [2.75, 3.05) is 25.1 Å². The van der Waals surface area contributed by atoms with Crippen LogP contribution in [0.1, 0.15) is 19.3 Å². The van der Waals surface area contributed by atoms with Gasteiger partial charge in [0.2, 0.25) is 5.91 Å². The number of hydrogen-bond donors (Lipinski definition) is 2. The summed E-state index contributed by atoms with van der Waals surface area (Å²) < 4.78 is 11.4. The predicted molar refractivity (Wildman–Crippen MR) is 118 cm³/mol. The lowest BCUT2D eigenvalue weighted by atomic mass is 10.2. The second-order valence-corrected chi connectivity index (χ2v) is 7.46. The molecule has 2 amide bonds. The van der Waals surface area contributed by atoms with E-state index in [0.29, 0.717) is 31.0 Å². The van der Waals surface area contributed by atoms with Crippen LogP contribution in [0.3, 0.4) is 0 Å². The Morgan fingerprint density at radius 1 is 1.03 bits per heavy atom. The number of pyridine rings is 1. The number of carbonyl (C=O) groups is 2. The smallest absolute Gasteiger partial charge is 0.257 e. The first kappa shape index (κ1) is 20.7. The molecule has 1 aliphatic carbocycles. The Morgan fingerprint density at radius 3 is 2.74 bits per heavy atom. The minimum atomic E-state index is -0.209. The summed E-state index contributed by atoms with van der Waals surface area (Å²) in [6, 6.07) is 16.8. The number of benzene rings is 2. The fraction of sp³-hybridized carbons (Fsp3) is 0.292. The molecular weight excluding hydrogens is 394 g/mol. The van der Waals surface area contributed by atoms with Gasteiger partial charge in [-0.25, -0.2) is 0 Å². The number of nitrogens with one attached hydrogen (secondary N) is 2. The molecular formula is C24H25N3O4. The second kappa shape index (κ2) is 9.93. The van der Waals surface area contributed by atoms with E-state index >= 15 is 0 Å².